The number of fused-ring (bicyclic) bond motifs is 3. The van der Waals surface area contributed by atoms with Gasteiger partial charge >= 0.3 is 0 Å². The summed E-state index contributed by atoms with van der Waals surface area (Å²) in [7, 11) is 0. The van der Waals surface area contributed by atoms with Crippen LogP contribution in [0, 0.1) is 12.7 Å². The predicted octanol–water partition coefficient (Wildman–Crippen LogP) is 5.26. The number of benzene rings is 2. The van der Waals surface area contributed by atoms with Crippen LogP contribution in [0.15, 0.2) is 47.6 Å². The van der Waals surface area contributed by atoms with Crippen molar-refractivity contribution in [2.45, 2.75) is 57.8 Å². The molecule has 0 saturated heterocycles. The van der Waals surface area contributed by atoms with Crippen molar-refractivity contribution in [2.75, 3.05) is 5.75 Å². The summed E-state index contributed by atoms with van der Waals surface area (Å²) in [5.74, 6) is 0.542. The second-order valence-corrected chi connectivity index (χ2v) is 9.36. The number of carbonyl (C=O) groups is 1. The molecule has 0 fully saturated rings. The van der Waals surface area contributed by atoms with Crippen molar-refractivity contribution >= 4 is 39.7 Å². The lowest BCUT2D eigenvalue weighted by Gasteiger charge is -2.10. The molecular formula is C25H28FN5OS. The van der Waals surface area contributed by atoms with Crippen LogP contribution in [0.4, 0.5) is 4.39 Å². The zero-order valence-corrected chi connectivity index (χ0v) is 20.0. The lowest BCUT2D eigenvalue weighted by Crippen LogP contribution is -2.31. The Kier molecular flexibility index (Phi) is 7.23. The molecule has 2 heterocycles. The predicted molar refractivity (Wildman–Crippen MR) is 131 cm³/mol. The number of hydrogen-bond donors (Lipinski definition) is 1. The summed E-state index contributed by atoms with van der Waals surface area (Å²) in [6.45, 7) is 6.44. The molecule has 1 amide bonds. The van der Waals surface area contributed by atoms with Gasteiger partial charge in [-0.15, -0.1) is 10.2 Å². The molecule has 4 rings (SSSR count). The summed E-state index contributed by atoms with van der Waals surface area (Å²) >= 11 is 1.48. The van der Waals surface area contributed by atoms with E-state index in [0.717, 1.165) is 29.3 Å². The average molecular weight is 466 g/mol. The van der Waals surface area contributed by atoms with Crippen molar-refractivity contribution in [3.8, 4) is 0 Å². The minimum absolute atomic E-state index is 0.0693. The first-order valence-corrected chi connectivity index (χ1v) is 12.2. The molecular weight excluding hydrogens is 437 g/mol. The van der Waals surface area contributed by atoms with Crippen molar-refractivity contribution in [1.29, 1.82) is 0 Å². The Morgan fingerprint density at radius 3 is 2.82 bits per heavy atom. The highest BCUT2D eigenvalue weighted by Gasteiger charge is 2.17. The fourth-order valence-electron chi connectivity index (χ4n) is 3.72. The van der Waals surface area contributed by atoms with E-state index in [9.17, 15) is 9.18 Å². The first-order valence-electron chi connectivity index (χ1n) is 11.2. The molecule has 172 valence electrons. The summed E-state index contributed by atoms with van der Waals surface area (Å²) in [6.07, 6.45) is 2.12. The SMILES string of the molecule is CCC(C)NC(=O)CCCSc1nnc2c3cc(C)ccc3n(Cc3ccccc3F)c2n1. The third-order valence-corrected chi connectivity index (χ3v) is 6.61. The molecule has 0 bridgehead atoms. The van der Waals surface area contributed by atoms with Gasteiger partial charge in [0, 0.05) is 29.2 Å². The molecule has 0 aliphatic carbocycles. The van der Waals surface area contributed by atoms with E-state index in [0.29, 0.717) is 40.6 Å². The molecule has 8 heteroatoms. The molecule has 0 spiro atoms. The van der Waals surface area contributed by atoms with Crippen LogP contribution >= 0.6 is 11.8 Å². The highest BCUT2D eigenvalue weighted by Crippen LogP contribution is 2.29. The number of thioether (sulfide) groups is 1. The van der Waals surface area contributed by atoms with Gasteiger partial charge in [-0.05, 0) is 44.9 Å². The van der Waals surface area contributed by atoms with Crippen LogP contribution in [0.1, 0.15) is 44.2 Å². The molecule has 33 heavy (non-hydrogen) atoms. The standard InChI is InChI=1S/C25H28FN5OS/c1-4-17(3)27-22(32)10-7-13-33-25-28-24-23(29-30-25)19-14-16(2)11-12-21(19)31(24)15-18-8-5-6-9-20(18)26/h5-6,8-9,11-12,14,17H,4,7,10,13,15H2,1-3H3,(H,27,32). The number of amides is 1. The number of carbonyl (C=O) groups excluding carboxylic acids is 1. The molecule has 0 saturated carbocycles. The van der Waals surface area contributed by atoms with Gasteiger partial charge in [0.1, 0.15) is 11.3 Å². The largest absolute Gasteiger partial charge is 0.354 e. The summed E-state index contributed by atoms with van der Waals surface area (Å²) < 4.78 is 16.4. The smallest absolute Gasteiger partial charge is 0.220 e. The van der Waals surface area contributed by atoms with Crippen molar-refractivity contribution in [1.82, 2.24) is 25.1 Å². The first-order chi connectivity index (χ1) is 16.0. The highest BCUT2D eigenvalue weighted by molar-refractivity contribution is 7.99. The van der Waals surface area contributed by atoms with E-state index in [1.165, 1.54) is 17.8 Å². The van der Waals surface area contributed by atoms with Gasteiger partial charge in [0.15, 0.2) is 5.65 Å². The Bertz CT molecular complexity index is 1290. The van der Waals surface area contributed by atoms with Crippen LogP contribution in [0.25, 0.3) is 22.1 Å². The van der Waals surface area contributed by atoms with Crippen molar-refractivity contribution < 1.29 is 9.18 Å². The van der Waals surface area contributed by atoms with Crippen LogP contribution in [0.3, 0.4) is 0 Å². The number of nitrogens with zero attached hydrogens (tertiary/aromatic N) is 4. The fraction of sp³-hybridized carbons (Fsp3) is 0.360. The zero-order valence-electron chi connectivity index (χ0n) is 19.1. The maximum atomic E-state index is 14.4. The van der Waals surface area contributed by atoms with E-state index >= 15 is 0 Å². The summed E-state index contributed by atoms with van der Waals surface area (Å²) in [5.41, 5.74) is 4.05. The van der Waals surface area contributed by atoms with E-state index < -0.39 is 0 Å². The Balaban J connectivity index is 1.58. The monoisotopic (exact) mass is 465 g/mol. The van der Waals surface area contributed by atoms with Gasteiger partial charge in [0.2, 0.25) is 11.1 Å². The van der Waals surface area contributed by atoms with Gasteiger partial charge in [-0.2, -0.15) is 0 Å². The molecule has 1 N–H and O–H groups in total. The van der Waals surface area contributed by atoms with E-state index in [2.05, 4.69) is 21.6 Å². The lowest BCUT2D eigenvalue weighted by atomic mass is 10.1. The molecule has 1 unspecified atom stereocenters. The maximum absolute atomic E-state index is 14.4. The molecule has 0 aliphatic rings. The van der Waals surface area contributed by atoms with Gasteiger partial charge in [-0.1, -0.05) is 48.5 Å². The molecule has 4 aromatic rings. The summed E-state index contributed by atoms with van der Waals surface area (Å²) in [5, 5.41) is 13.3. The van der Waals surface area contributed by atoms with E-state index in [1.807, 2.05) is 43.5 Å². The van der Waals surface area contributed by atoms with Crippen LogP contribution in [0.2, 0.25) is 0 Å². The van der Waals surface area contributed by atoms with Crippen LogP contribution in [-0.4, -0.2) is 37.5 Å². The van der Waals surface area contributed by atoms with Crippen LogP contribution in [-0.2, 0) is 11.3 Å². The number of hydrogen-bond acceptors (Lipinski definition) is 5. The van der Waals surface area contributed by atoms with Gasteiger partial charge in [0.25, 0.3) is 0 Å². The Morgan fingerprint density at radius 2 is 2.03 bits per heavy atom. The van der Waals surface area contributed by atoms with Gasteiger partial charge < -0.3 is 9.88 Å². The topological polar surface area (TPSA) is 72.7 Å². The van der Waals surface area contributed by atoms with Crippen molar-refractivity contribution in [3.05, 3.63) is 59.4 Å². The maximum Gasteiger partial charge on any atom is 0.220 e. The second kappa shape index (κ2) is 10.3. The molecule has 0 aliphatic heterocycles. The van der Waals surface area contributed by atoms with Gasteiger partial charge in [-0.25, -0.2) is 9.37 Å². The highest BCUT2D eigenvalue weighted by atomic mass is 32.2. The zero-order chi connectivity index (χ0) is 23.4. The second-order valence-electron chi connectivity index (χ2n) is 8.29. The van der Waals surface area contributed by atoms with Crippen molar-refractivity contribution in [3.63, 3.8) is 0 Å². The first kappa shape index (κ1) is 23.2. The summed E-state index contributed by atoms with van der Waals surface area (Å²) in [6, 6.07) is 13.1. The number of aromatic nitrogens is 4. The van der Waals surface area contributed by atoms with Gasteiger partial charge in [0.05, 0.1) is 12.1 Å². The lowest BCUT2D eigenvalue weighted by molar-refractivity contribution is -0.121. The Hall–Kier alpha value is -3.00. The van der Waals surface area contributed by atoms with Crippen LogP contribution < -0.4 is 5.32 Å². The van der Waals surface area contributed by atoms with E-state index in [4.69, 9.17) is 4.98 Å². The van der Waals surface area contributed by atoms with Crippen LogP contribution in [0.5, 0.6) is 0 Å². The normalized spacial score (nSPS) is 12.4. The third-order valence-electron chi connectivity index (χ3n) is 5.69. The van der Waals surface area contributed by atoms with Crippen molar-refractivity contribution in [2.24, 2.45) is 0 Å². The molecule has 2 aromatic carbocycles. The van der Waals surface area contributed by atoms with E-state index in [-0.39, 0.29) is 17.8 Å². The third kappa shape index (κ3) is 5.33. The minimum atomic E-state index is -0.244. The number of rotatable bonds is 9. The molecule has 2 aromatic heterocycles. The quantitative estimate of drug-likeness (QED) is 0.270. The fourth-order valence-corrected chi connectivity index (χ4v) is 4.44. The average Bonchev–Trinajstić information content (AvgIpc) is 3.10. The van der Waals surface area contributed by atoms with E-state index in [1.54, 1.807) is 12.1 Å². The molecule has 0 radical (unpaired) electrons. The molecule has 6 nitrogen and oxygen atoms in total. The number of nitrogens with one attached hydrogen (secondary N) is 1. The Labute approximate surface area is 197 Å². The minimum Gasteiger partial charge on any atom is -0.354 e. The molecule has 1 atom stereocenters. The number of halogens is 1. The Morgan fingerprint density at radius 1 is 1.21 bits per heavy atom. The van der Waals surface area contributed by atoms with Gasteiger partial charge in [-0.3, -0.25) is 4.79 Å². The number of aryl methyl sites for hydroxylation is 1. The summed E-state index contributed by atoms with van der Waals surface area (Å²) in [4.78, 5) is 16.7.